The first-order chi connectivity index (χ1) is 6.72. The number of hydrogen-bond acceptors (Lipinski definition) is 2. The van der Waals surface area contributed by atoms with Gasteiger partial charge in [-0.2, -0.15) is 0 Å². The molecule has 3 heteroatoms. The summed E-state index contributed by atoms with van der Waals surface area (Å²) in [5.74, 6) is -0.946. The fraction of sp³-hybridized carbons (Fsp3) is 0. The number of rotatable bonds is 4. The van der Waals surface area contributed by atoms with E-state index >= 15 is 0 Å². The van der Waals surface area contributed by atoms with E-state index in [2.05, 4.69) is 11.9 Å². The normalized spacial score (nSPS) is 10.0. The fourth-order valence-electron chi connectivity index (χ4n) is 0.976. The summed E-state index contributed by atoms with van der Waals surface area (Å²) in [4.78, 5) is 10.2. The third-order valence-electron chi connectivity index (χ3n) is 1.60. The molecule has 0 amide bonds. The first-order valence-corrected chi connectivity index (χ1v) is 4.11. The molecule has 72 valence electrons. The van der Waals surface area contributed by atoms with Crippen molar-refractivity contribution in [3.05, 3.63) is 48.7 Å². The zero-order valence-corrected chi connectivity index (χ0v) is 7.60. The van der Waals surface area contributed by atoms with Gasteiger partial charge in [-0.1, -0.05) is 18.7 Å². The number of carbonyl (C=O) groups is 1. The number of hydrogen-bond donors (Lipinski definition) is 2. The minimum atomic E-state index is -0.946. The SMILES string of the molecule is C=CNc1ccc(/C=C/C(=O)O)cc1. The highest BCUT2D eigenvalue weighted by molar-refractivity contribution is 5.85. The van der Waals surface area contributed by atoms with E-state index in [9.17, 15) is 4.79 Å². The smallest absolute Gasteiger partial charge is 0.328 e. The average molecular weight is 189 g/mol. The van der Waals surface area contributed by atoms with Crippen molar-refractivity contribution in [2.45, 2.75) is 0 Å². The van der Waals surface area contributed by atoms with Crippen LogP contribution in [0, 0.1) is 0 Å². The van der Waals surface area contributed by atoms with Crippen LogP contribution in [0.5, 0.6) is 0 Å². The van der Waals surface area contributed by atoms with Gasteiger partial charge in [0.15, 0.2) is 0 Å². The molecule has 0 atom stereocenters. The van der Waals surface area contributed by atoms with Crippen LogP contribution in [-0.2, 0) is 4.79 Å². The highest BCUT2D eigenvalue weighted by atomic mass is 16.4. The van der Waals surface area contributed by atoms with Gasteiger partial charge >= 0.3 is 5.97 Å². The van der Waals surface area contributed by atoms with Gasteiger partial charge in [0.2, 0.25) is 0 Å². The Balaban J connectivity index is 2.73. The van der Waals surface area contributed by atoms with Gasteiger partial charge in [-0.05, 0) is 30.0 Å². The summed E-state index contributed by atoms with van der Waals surface area (Å²) < 4.78 is 0. The molecule has 0 heterocycles. The maximum Gasteiger partial charge on any atom is 0.328 e. The summed E-state index contributed by atoms with van der Waals surface area (Å²) >= 11 is 0. The molecule has 0 radical (unpaired) electrons. The Morgan fingerprint density at radius 3 is 2.50 bits per heavy atom. The van der Waals surface area contributed by atoms with Gasteiger partial charge in [0.1, 0.15) is 0 Å². The van der Waals surface area contributed by atoms with Crippen LogP contribution < -0.4 is 5.32 Å². The number of anilines is 1. The van der Waals surface area contributed by atoms with E-state index in [1.807, 2.05) is 24.3 Å². The van der Waals surface area contributed by atoms with Crippen LogP contribution in [-0.4, -0.2) is 11.1 Å². The molecule has 1 aromatic rings. The molecule has 0 saturated heterocycles. The average Bonchev–Trinajstić information content (AvgIpc) is 2.17. The Morgan fingerprint density at radius 1 is 1.36 bits per heavy atom. The van der Waals surface area contributed by atoms with Gasteiger partial charge in [-0.25, -0.2) is 4.79 Å². The number of aliphatic carboxylic acids is 1. The molecule has 1 rings (SSSR count). The van der Waals surface area contributed by atoms with Crippen molar-refractivity contribution in [2.75, 3.05) is 5.32 Å². The minimum absolute atomic E-state index is 0.849. The van der Waals surface area contributed by atoms with Gasteiger partial charge < -0.3 is 10.4 Å². The summed E-state index contributed by atoms with van der Waals surface area (Å²) in [6.45, 7) is 3.54. The van der Waals surface area contributed by atoms with Gasteiger partial charge in [0.25, 0.3) is 0 Å². The maximum atomic E-state index is 10.2. The summed E-state index contributed by atoms with van der Waals surface area (Å²) in [5, 5.41) is 11.3. The first-order valence-electron chi connectivity index (χ1n) is 4.11. The van der Waals surface area contributed by atoms with Crippen molar-refractivity contribution < 1.29 is 9.90 Å². The maximum absolute atomic E-state index is 10.2. The highest BCUT2D eigenvalue weighted by Gasteiger charge is 1.90. The predicted octanol–water partition coefficient (Wildman–Crippen LogP) is 2.34. The lowest BCUT2D eigenvalue weighted by atomic mass is 10.2. The Labute approximate surface area is 82.4 Å². The number of carboxylic acids is 1. The molecular weight excluding hydrogens is 178 g/mol. The second-order valence-electron chi connectivity index (χ2n) is 2.64. The Morgan fingerprint density at radius 2 is 2.00 bits per heavy atom. The van der Waals surface area contributed by atoms with E-state index in [1.54, 1.807) is 12.3 Å². The zero-order chi connectivity index (χ0) is 10.4. The van der Waals surface area contributed by atoms with Crippen LogP contribution in [0.15, 0.2) is 43.1 Å². The van der Waals surface area contributed by atoms with Crippen molar-refractivity contribution in [3.63, 3.8) is 0 Å². The lowest BCUT2D eigenvalue weighted by Gasteiger charge is -1.99. The highest BCUT2D eigenvalue weighted by Crippen LogP contribution is 2.10. The molecule has 0 fully saturated rings. The third-order valence-corrected chi connectivity index (χ3v) is 1.60. The van der Waals surface area contributed by atoms with E-state index in [0.717, 1.165) is 17.3 Å². The Bertz CT molecular complexity index is 352. The molecule has 0 aliphatic carbocycles. The second kappa shape index (κ2) is 4.87. The molecule has 0 aromatic heterocycles. The molecule has 0 aliphatic rings. The van der Waals surface area contributed by atoms with Crippen molar-refractivity contribution in [2.24, 2.45) is 0 Å². The number of carboxylic acid groups (broad SMARTS) is 1. The Hall–Kier alpha value is -2.03. The third kappa shape index (κ3) is 3.15. The first kappa shape index (κ1) is 10.1. The zero-order valence-electron chi connectivity index (χ0n) is 7.60. The second-order valence-corrected chi connectivity index (χ2v) is 2.64. The van der Waals surface area contributed by atoms with E-state index in [4.69, 9.17) is 5.11 Å². The largest absolute Gasteiger partial charge is 0.478 e. The van der Waals surface area contributed by atoms with E-state index in [1.165, 1.54) is 0 Å². The lowest BCUT2D eigenvalue weighted by Crippen LogP contribution is -1.87. The quantitative estimate of drug-likeness (QED) is 0.715. The molecule has 1 aromatic carbocycles. The van der Waals surface area contributed by atoms with Gasteiger partial charge in [0, 0.05) is 11.8 Å². The molecule has 0 aliphatic heterocycles. The van der Waals surface area contributed by atoms with Crippen molar-refractivity contribution in [1.29, 1.82) is 0 Å². The van der Waals surface area contributed by atoms with E-state index < -0.39 is 5.97 Å². The molecule has 0 spiro atoms. The van der Waals surface area contributed by atoms with Gasteiger partial charge in [0.05, 0.1) is 0 Å². The molecule has 3 nitrogen and oxygen atoms in total. The molecule has 0 saturated carbocycles. The predicted molar refractivity (Wildman–Crippen MR) is 56.9 cm³/mol. The van der Waals surface area contributed by atoms with Crippen LogP contribution >= 0.6 is 0 Å². The summed E-state index contributed by atoms with van der Waals surface area (Å²) in [7, 11) is 0. The Kier molecular flexibility index (Phi) is 3.49. The standard InChI is InChI=1S/C11H11NO2/c1-2-12-10-6-3-9(4-7-10)5-8-11(13)14/h2-8,12H,1H2,(H,13,14)/b8-5+. The number of nitrogens with one attached hydrogen (secondary N) is 1. The van der Waals surface area contributed by atoms with Crippen molar-refractivity contribution in [3.8, 4) is 0 Å². The van der Waals surface area contributed by atoms with Gasteiger partial charge in [-0.15, -0.1) is 0 Å². The lowest BCUT2D eigenvalue weighted by molar-refractivity contribution is -0.131. The van der Waals surface area contributed by atoms with Crippen molar-refractivity contribution >= 4 is 17.7 Å². The number of benzene rings is 1. The summed E-state index contributed by atoms with van der Waals surface area (Å²) in [5.41, 5.74) is 1.77. The van der Waals surface area contributed by atoms with Crippen LogP contribution in [0.25, 0.3) is 6.08 Å². The van der Waals surface area contributed by atoms with Crippen LogP contribution in [0.3, 0.4) is 0 Å². The van der Waals surface area contributed by atoms with Crippen LogP contribution in [0.1, 0.15) is 5.56 Å². The van der Waals surface area contributed by atoms with Gasteiger partial charge in [-0.3, -0.25) is 0 Å². The molecule has 2 N–H and O–H groups in total. The monoisotopic (exact) mass is 189 g/mol. The van der Waals surface area contributed by atoms with Crippen molar-refractivity contribution in [1.82, 2.24) is 0 Å². The minimum Gasteiger partial charge on any atom is -0.478 e. The van der Waals surface area contributed by atoms with Crippen LogP contribution in [0.4, 0.5) is 5.69 Å². The summed E-state index contributed by atoms with van der Waals surface area (Å²) in [6, 6.07) is 7.35. The van der Waals surface area contributed by atoms with E-state index in [-0.39, 0.29) is 0 Å². The molecule has 0 unspecified atom stereocenters. The molecular formula is C11H11NO2. The molecule has 14 heavy (non-hydrogen) atoms. The van der Waals surface area contributed by atoms with Crippen LogP contribution in [0.2, 0.25) is 0 Å². The summed E-state index contributed by atoms with van der Waals surface area (Å²) in [6.07, 6.45) is 4.23. The topological polar surface area (TPSA) is 49.3 Å². The fourth-order valence-corrected chi connectivity index (χ4v) is 0.976. The van der Waals surface area contributed by atoms with E-state index in [0.29, 0.717) is 0 Å². The molecule has 0 bridgehead atoms.